The molecular weight excluding hydrogens is 433 g/mol. The van der Waals surface area contributed by atoms with E-state index in [2.05, 4.69) is 15.5 Å². The summed E-state index contributed by atoms with van der Waals surface area (Å²) in [5.41, 5.74) is 5.00. The number of carbonyl (C=O) groups is 1. The summed E-state index contributed by atoms with van der Waals surface area (Å²) in [7, 11) is 0. The van der Waals surface area contributed by atoms with Gasteiger partial charge in [0.1, 0.15) is 0 Å². The number of nitrogens with one attached hydrogen (secondary N) is 1. The molecule has 8 heteroatoms. The van der Waals surface area contributed by atoms with Crippen LogP contribution in [0.3, 0.4) is 0 Å². The summed E-state index contributed by atoms with van der Waals surface area (Å²) in [6, 6.07) is 14.9. The predicted octanol–water partition coefficient (Wildman–Crippen LogP) is 5.35. The van der Waals surface area contributed by atoms with Crippen molar-refractivity contribution in [1.29, 1.82) is 0 Å². The van der Waals surface area contributed by atoms with E-state index in [1.165, 1.54) is 0 Å². The fourth-order valence-corrected chi connectivity index (χ4v) is 3.90. The average Bonchev–Trinajstić information content (AvgIpc) is 3.30. The quantitative estimate of drug-likeness (QED) is 0.427. The molecule has 1 N–H and O–H groups in total. The largest absolute Gasteiger partial charge is 0.319 e. The number of rotatable bonds is 6. The predicted molar refractivity (Wildman–Crippen MR) is 123 cm³/mol. The highest BCUT2D eigenvalue weighted by Crippen LogP contribution is 2.25. The molecule has 0 aliphatic carbocycles. The number of hydrogen-bond acceptors (Lipinski definition) is 3. The lowest BCUT2D eigenvalue weighted by molar-refractivity contribution is 0.102. The number of halogens is 2. The summed E-state index contributed by atoms with van der Waals surface area (Å²) in [4.78, 5) is 12.8. The van der Waals surface area contributed by atoms with Gasteiger partial charge in [0.25, 0.3) is 5.91 Å². The SMILES string of the molecule is Cc1cc(C)n(Cc2cccc(C(=O)Nc3cnn(Cc4c(Cl)cccc4Cl)c3)c2)n1. The zero-order valence-corrected chi connectivity index (χ0v) is 18.7. The van der Waals surface area contributed by atoms with Crippen LogP contribution < -0.4 is 5.32 Å². The monoisotopic (exact) mass is 453 g/mol. The second-order valence-electron chi connectivity index (χ2n) is 7.37. The Bertz CT molecular complexity index is 1220. The number of amides is 1. The first-order valence-corrected chi connectivity index (χ1v) is 10.5. The smallest absolute Gasteiger partial charge is 0.255 e. The van der Waals surface area contributed by atoms with E-state index in [0.29, 0.717) is 34.4 Å². The van der Waals surface area contributed by atoms with Crippen LogP contribution in [0.1, 0.15) is 32.9 Å². The van der Waals surface area contributed by atoms with Gasteiger partial charge in [-0.1, -0.05) is 41.4 Å². The Morgan fingerprint density at radius 1 is 1.03 bits per heavy atom. The number of aromatic nitrogens is 4. The number of carbonyl (C=O) groups excluding carboxylic acids is 1. The van der Waals surface area contributed by atoms with E-state index in [0.717, 1.165) is 22.5 Å². The van der Waals surface area contributed by atoms with Crippen LogP contribution in [0.25, 0.3) is 0 Å². The maximum Gasteiger partial charge on any atom is 0.255 e. The lowest BCUT2D eigenvalue weighted by Crippen LogP contribution is -2.12. The third kappa shape index (κ3) is 4.98. The van der Waals surface area contributed by atoms with Gasteiger partial charge in [-0.25, -0.2) is 0 Å². The third-order valence-corrected chi connectivity index (χ3v) is 5.61. The molecule has 6 nitrogen and oxygen atoms in total. The van der Waals surface area contributed by atoms with Crippen molar-refractivity contribution in [3.8, 4) is 0 Å². The summed E-state index contributed by atoms with van der Waals surface area (Å²) in [5.74, 6) is -0.203. The van der Waals surface area contributed by atoms with E-state index < -0.39 is 0 Å². The maximum atomic E-state index is 12.8. The summed E-state index contributed by atoms with van der Waals surface area (Å²) in [6.45, 7) is 5.00. The highest BCUT2D eigenvalue weighted by atomic mass is 35.5. The van der Waals surface area contributed by atoms with Crippen molar-refractivity contribution < 1.29 is 4.79 Å². The van der Waals surface area contributed by atoms with Gasteiger partial charge in [-0.15, -0.1) is 0 Å². The molecule has 0 unspecified atom stereocenters. The Morgan fingerprint density at radius 2 is 1.77 bits per heavy atom. The topological polar surface area (TPSA) is 64.7 Å². The summed E-state index contributed by atoms with van der Waals surface area (Å²) in [5, 5.41) is 12.8. The number of anilines is 1. The van der Waals surface area contributed by atoms with Crippen molar-refractivity contribution in [3.63, 3.8) is 0 Å². The molecule has 0 aliphatic heterocycles. The highest BCUT2D eigenvalue weighted by molar-refractivity contribution is 6.35. The van der Waals surface area contributed by atoms with Crippen LogP contribution in [0.2, 0.25) is 10.0 Å². The first-order chi connectivity index (χ1) is 14.9. The molecule has 0 aliphatic rings. The molecule has 0 bridgehead atoms. The number of hydrogen-bond donors (Lipinski definition) is 1. The van der Waals surface area contributed by atoms with Gasteiger partial charge in [0, 0.05) is 33.1 Å². The second-order valence-corrected chi connectivity index (χ2v) is 8.18. The molecule has 0 fully saturated rings. The van der Waals surface area contributed by atoms with Gasteiger partial charge in [-0.05, 0) is 49.7 Å². The Morgan fingerprint density at radius 3 is 2.48 bits per heavy atom. The van der Waals surface area contributed by atoms with Crippen molar-refractivity contribution in [2.24, 2.45) is 0 Å². The van der Waals surface area contributed by atoms with Crippen LogP contribution in [0.4, 0.5) is 5.69 Å². The minimum Gasteiger partial charge on any atom is -0.319 e. The third-order valence-electron chi connectivity index (χ3n) is 4.90. The van der Waals surface area contributed by atoms with E-state index in [1.54, 1.807) is 41.3 Å². The van der Waals surface area contributed by atoms with E-state index in [4.69, 9.17) is 23.2 Å². The number of nitrogens with zero attached hydrogens (tertiary/aromatic N) is 4. The summed E-state index contributed by atoms with van der Waals surface area (Å²) < 4.78 is 3.61. The van der Waals surface area contributed by atoms with Crippen LogP contribution >= 0.6 is 23.2 Å². The van der Waals surface area contributed by atoms with Gasteiger partial charge < -0.3 is 5.32 Å². The molecule has 0 atom stereocenters. The van der Waals surface area contributed by atoms with Gasteiger partial charge in [-0.2, -0.15) is 10.2 Å². The zero-order chi connectivity index (χ0) is 22.0. The minimum atomic E-state index is -0.203. The molecule has 2 aromatic carbocycles. The second kappa shape index (κ2) is 8.96. The Hall–Kier alpha value is -3.09. The maximum absolute atomic E-state index is 12.8. The van der Waals surface area contributed by atoms with Crippen LogP contribution in [-0.2, 0) is 13.1 Å². The normalized spacial score (nSPS) is 11.0. The Balaban J connectivity index is 1.45. The van der Waals surface area contributed by atoms with E-state index in [9.17, 15) is 4.79 Å². The van der Waals surface area contributed by atoms with Crippen LogP contribution in [0, 0.1) is 13.8 Å². The van der Waals surface area contributed by atoms with Gasteiger partial charge >= 0.3 is 0 Å². The van der Waals surface area contributed by atoms with Crippen molar-refractivity contribution in [1.82, 2.24) is 19.6 Å². The molecule has 4 rings (SSSR count). The van der Waals surface area contributed by atoms with Gasteiger partial charge in [0.2, 0.25) is 0 Å². The first kappa shape index (κ1) is 21.2. The zero-order valence-electron chi connectivity index (χ0n) is 17.1. The first-order valence-electron chi connectivity index (χ1n) is 9.76. The van der Waals surface area contributed by atoms with Crippen molar-refractivity contribution >= 4 is 34.8 Å². The number of benzene rings is 2. The molecule has 4 aromatic rings. The van der Waals surface area contributed by atoms with Gasteiger partial charge in [0.15, 0.2) is 0 Å². The minimum absolute atomic E-state index is 0.203. The Labute approximate surface area is 190 Å². The van der Waals surface area contributed by atoms with Crippen LogP contribution in [0.15, 0.2) is 60.9 Å². The standard InChI is InChI=1S/C23H21Cl2N5O/c1-15-9-16(2)30(28-15)12-17-5-3-6-18(10-17)23(31)27-19-11-26-29(13-19)14-20-21(24)7-4-8-22(20)25/h3-11,13H,12,14H2,1-2H3,(H,27,31). The fourth-order valence-electron chi connectivity index (χ4n) is 3.38. The Kier molecular flexibility index (Phi) is 6.11. The van der Waals surface area contributed by atoms with Gasteiger partial charge in [0.05, 0.1) is 30.7 Å². The molecular formula is C23H21Cl2N5O. The molecule has 0 spiro atoms. The molecule has 31 heavy (non-hydrogen) atoms. The average molecular weight is 454 g/mol. The van der Waals surface area contributed by atoms with Crippen molar-refractivity contribution in [2.45, 2.75) is 26.9 Å². The van der Waals surface area contributed by atoms with E-state index in [-0.39, 0.29) is 5.91 Å². The lowest BCUT2D eigenvalue weighted by Gasteiger charge is -2.08. The van der Waals surface area contributed by atoms with E-state index >= 15 is 0 Å². The van der Waals surface area contributed by atoms with Crippen LogP contribution in [0.5, 0.6) is 0 Å². The fraction of sp³-hybridized carbons (Fsp3) is 0.174. The molecule has 0 saturated carbocycles. The molecule has 2 aromatic heterocycles. The lowest BCUT2D eigenvalue weighted by atomic mass is 10.1. The molecule has 0 saturated heterocycles. The van der Waals surface area contributed by atoms with Crippen molar-refractivity contribution in [3.05, 3.63) is 99.0 Å². The summed E-state index contributed by atoms with van der Waals surface area (Å²) in [6.07, 6.45) is 3.35. The molecule has 2 heterocycles. The van der Waals surface area contributed by atoms with Crippen LogP contribution in [-0.4, -0.2) is 25.5 Å². The summed E-state index contributed by atoms with van der Waals surface area (Å²) >= 11 is 12.5. The van der Waals surface area contributed by atoms with Crippen molar-refractivity contribution in [2.75, 3.05) is 5.32 Å². The molecule has 1 amide bonds. The van der Waals surface area contributed by atoms with E-state index in [1.807, 2.05) is 42.8 Å². The molecule has 158 valence electrons. The number of aryl methyl sites for hydroxylation is 2. The highest BCUT2D eigenvalue weighted by Gasteiger charge is 2.11. The van der Waals surface area contributed by atoms with Gasteiger partial charge in [-0.3, -0.25) is 14.2 Å². The molecule has 0 radical (unpaired) electrons.